The number of halogens is 2. The van der Waals surface area contributed by atoms with E-state index in [2.05, 4.69) is 15.4 Å². The van der Waals surface area contributed by atoms with Gasteiger partial charge in [-0.15, -0.1) is 0 Å². The average Bonchev–Trinajstić information content (AvgIpc) is 3.15. The predicted molar refractivity (Wildman–Crippen MR) is 101 cm³/mol. The monoisotopic (exact) mass is 390 g/mol. The fourth-order valence-electron chi connectivity index (χ4n) is 2.29. The number of carbonyl (C=O) groups excluding carboxylic acids is 1. The van der Waals surface area contributed by atoms with Gasteiger partial charge in [0.25, 0.3) is 0 Å². The number of ether oxygens (including phenoxy) is 1. The molecule has 0 saturated carbocycles. The molecule has 0 spiro atoms. The average molecular weight is 391 g/mol. The summed E-state index contributed by atoms with van der Waals surface area (Å²) in [5, 5.41) is 7.99. The fraction of sp³-hybridized carbons (Fsp3) is 0.167. The van der Waals surface area contributed by atoms with Crippen molar-refractivity contribution in [3.8, 4) is 11.6 Å². The van der Waals surface area contributed by atoms with Crippen LogP contribution in [0.25, 0.3) is 5.82 Å². The zero-order valence-corrected chi connectivity index (χ0v) is 15.2. The maximum Gasteiger partial charge on any atom is 0.224 e. The summed E-state index contributed by atoms with van der Waals surface area (Å²) in [6.45, 7) is 0.369. The van der Waals surface area contributed by atoms with Gasteiger partial charge in [-0.2, -0.15) is 5.10 Å². The van der Waals surface area contributed by atoms with Crippen molar-refractivity contribution >= 4 is 34.8 Å². The van der Waals surface area contributed by atoms with Crippen molar-refractivity contribution in [3.05, 3.63) is 65.0 Å². The van der Waals surface area contributed by atoms with Gasteiger partial charge in [0, 0.05) is 30.0 Å². The lowest BCUT2D eigenvalue weighted by molar-refractivity contribution is -0.116. The second-order valence-corrected chi connectivity index (χ2v) is 6.24. The Hall–Kier alpha value is -2.57. The normalized spacial score (nSPS) is 10.5. The molecule has 0 atom stereocenters. The van der Waals surface area contributed by atoms with Crippen molar-refractivity contribution in [1.29, 1.82) is 0 Å². The van der Waals surface area contributed by atoms with E-state index in [9.17, 15) is 4.79 Å². The molecule has 0 aliphatic heterocycles. The van der Waals surface area contributed by atoms with E-state index in [1.807, 2.05) is 0 Å². The first kappa shape index (κ1) is 18.2. The molecule has 1 amide bonds. The van der Waals surface area contributed by atoms with Gasteiger partial charge in [0.05, 0.1) is 17.3 Å². The van der Waals surface area contributed by atoms with Crippen LogP contribution in [0, 0.1) is 0 Å². The lowest BCUT2D eigenvalue weighted by atomic mass is 10.3. The minimum absolute atomic E-state index is 0.128. The molecular weight excluding hydrogens is 375 g/mol. The number of nitrogens with one attached hydrogen (secondary N) is 1. The summed E-state index contributed by atoms with van der Waals surface area (Å²) in [4.78, 5) is 16.5. The third-order valence-corrected chi connectivity index (χ3v) is 4.01. The molecule has 0 unspecified atom stereocenters. The highest BCUT2D eigenvalue weighted by Crippen LogP contribution is 2.27. The Bertz CT molecular complexity index is 885. The van der Waals surface area contributed by atoms with Crippen LogP contribution in [0.2, 0.25) is 10.0 Å². The molecule has 0 aliphatic rings. The van der Waals surface area contributed by atoms with Crippen LogP contribution in [-0.4, -0.2) is 27.3 Å². The largest absolute Gasteiger partial charge is 0.492 e. The van der Waals surface area contributed by atoms with Gasteiger partial charge >= 0.3 is 0 Å². The topological polar surface area (TPSA) is 69.0 Å². The Morgan fingerprint density at radius 2 is 2.08 bits per heavy atom. The van der Waals surface area contributed by atoms with Crippen LogP contribution < -0.4 is 10.1 Å². The number of hydrogen-bond acceptors (Lipinski definition) is 4. The summed E-state index contributed by atoms with van der Waals surface area (Å²) in [6.07, 6.45) is 5.92. The summed E-state index contributed by atoms with van der Waals surface area (Å²) >= 11 is 11.9. The number of pyridine rings is 1. The Morgan fingerprint density at radius 1 is 1.19 bits per heavy atom. The van der Waals surface area contributed by atoms with Crippen molar-refractivity contribution in [3.63, 3.8) is 0 Å². The molecule has 1 aromatic carbocycles. The lowest BCUT2D eigenvalue weighted by Gasteiger charge is -2.11. The Labute approximate surface area is 160 Å². The summed E-state index contributed by atoms with van der Waals surface area (Å²) in [6, 6.07) is 10.4. The van der Waals surface area contributed by atoms with E-state index in [1.54, 1.807) is 59.7 Å². The van der Waals surface area contributed by atoms with Gasteiger partial charge in [-0.3, -0.25) is 4.79 Å². The molecule has 3 aromatic rings. The Kier molecular flexibility index (Phi) is 6.09. The number of carbonyl (C=O) groups is 1. The number of amides is 1. The molecule has 0 radical (unpaired) electrons. The Balaban J connectivity index is 1.51. The van der Waals surface area contributed by atoms with E-state index in [-0.39, 0.29) is 5.91 Å². The van der Waals surface area contributed by atoms with Gasteiger partial charge in [0.1, 0.15) is 5.75 Å². The molecule has 3 rings (SSSR count). The quantitative estimate of drug-likeness (QED) is 0.608. The van der Waals surface area contributed by atoms with E-state index in [0.29, 0.717) is 46.7 Å². The van der Waals surface area contributed by atoms with Gasteiger partial charge in [-0.05, 0) is 42.8 Å². The zero-order chi connectivity index (χ0) is 18.4. The van der Waals surface area contributed by atoms with Crippen LogP contribution in [0.1, 0.15) is 12.8 Å². The maximum absolute atomic E-state index is 12.2. The number of hydrogen-bond donors (Lipinski definition) is 1. The van der Waals surface area contributed by atoms with E-state index >= 15 is 0 Å². The molecule has 0 bridgehead atoms. The summed E-state index contributed by atoms with van der Waals surface area (Å²) in [5.41, 5.74) is 0.600. The fourth-order valence-corrected chi connectivity index (χ4v) is 2.75. The molecule has 26 heavy (non-hydrogen) atoms. The van der Waals surface area contributed by atoms with Gasteiger partial charge in [0.15, 0.2) is 5.82 Å². The first-order valence-electron chi connectivity index (χ1n) is 7.96. The minimum atomic E-state index is -0.128. The second kappa shape index (κ2) is 8.69. The van der Waals surface area contributed by atoms with Crippen LogP contribution >= 0.6 is 23.2 Å². The maximum atomic E-state index is 12.2. The van der Waals surface area contributed by atoms with Crippen molar-refractivity contribution in [1.82, 2.24) is 14.8 Å². The molecule has 0 saturated heterocycles. The molecule has 6 nitrogen and oxygen atoms in total. The smallest absolute Gasteiger partial charge is 0.224 e. The lowest BCUT2D eigenvalue weighted by Crippen LogP contribution is -2.15. The molecule has 134 valence electrons. The number of aromatic nitrogens is 3. The van der Waals surface area contributed by atoms with E-state index in [1.165, 1.54) is 0 Å². The van der Waals surface area contributed by atoms with E-state index in [4.69, 9.17) is 27.9 Å². The number of rotatable bonds is 7. The predicted octanol–water partition coefficient (Wildman–Crippen LogP) is 4.37. The van der Waals surface area contributed by atoms with Gasteiger partial charge in [0.2, 0.25) is 5.91 Å². The van der Waals surface area contributed by atoms with Crippen molar-refractivity contribution < 1.29 is 9.53 Å². The zero-order valence-electron chi connectivity index (χ0n) is 13.7. The van der Waals surface area contributed by atoms with Gasteiger partial charge in [-0.25, -0.2) is 9.67 Å². The van der Waals surface area contributed by atoms with Crippen LogP contribution in [0.3, 0.4) is 0 Å². The van der Waals surface area contributed by atoms with Crippen LogP contribution in [0.15, 0.2) is 55.0 Å². The molecular formula is C18H16Cl2N4O2. The van der Waals surface area contributed by atoms with Crippen LogP contribution in [0.5, 0.6) is 5.75 Å². The third kappa shape index (κ3) is 4.74. The first-order valence-corrected chi connectivity index (χ1v) is 8.72. The SMILES string of the molecule is O=C(CCCOc1ccc(Cl)cc1Cl)Nc1cccnc1-n1cccn1. The highest BCUT2D eigenvalue weighted by molar-refractivity contribution is 6.35. The minimum Gasteiger partial charge on any atom is -0.492 e. The second-order valence-electron chi connectivity index (χ2n) is 5.40. The van der Waals surface area contributed by atoms with Crippen molar-refractivity contribution in [2.45, 2.75) is 12.8 Å². The molecule has 2 heterocycles. The highest BCUT2D eigenvalue weighted by Gasteiger charge is 2.10. The van der Waals surface area contributed by atoms with Crippen molar-refractivity contribution in [2.24, 2.45) is 0 Å². The summed E-state index contributed by atoms with van der Waals surface area (Å²) < 4.78 is 7.18. The van der Waals surface area contributed by atoms with E-state index < -0.39 is 0 Å². The standard InChI is InChI=1S/C18H16Cl2N4O2/c19-13-6-7-16(14(20)12-13)26-11-2-5-17(25)23-15-4-1-8-21-18(15)24-10-3-9-22-24/h1,3-4,6-10,12H,2,5,11H2,(H,23,25). The number of nitrogens with zero attached hydrogens (tertiary/aromatic N) is 3. The summed E-state index contributed by atoms with van der Waals surface area (Å²) in [5.74, 6) is 0.983. The highest BCUT2D eigenvalue weighted by atomic mass is 35.5. The molecule has 0 fully saturated rings. The van der Waals surface area contributed by atoms with Gasteiger partial charge in [-0.1, -0.05) is 23.2 Å². The number of anilines is 1. The van der Waals surface area contributed by atoms with Crippen LogP contribution in [-0.2, 0) is 4.79 Å². The van der Waals surface area contributed by atoms with Crippen molar-refractivity contribution in [2.75, 3.05) is 11.9 Å². The molecule has 2 aromatic heterocycles. The first-order chi connectivity index (χ1) is 12.6. The van der Waals surface area contributed by atoms with E-state index in [0.717, 1.165) is 0 Å². The molecule has 1 N–H and O–H groups in total. The van der Waals surface area contributed by atoms with Crippen LogP contribution in [0.4, 0.5) is 5.69 Å². The molecule has 8 heteroatoms. The third-order valence-electron chi connectivity index (χ3n) is 3.48. The number of benzene rings is 1. The molecule has 0 aliphatic carbocycles. The summed E-state index contributed by atoms with van der Waals surface area (Å²) in [7, 11) is 0. The van der Waals surface area contributed by atoms with Gasteiger partial charge < -0.3 is 10.1 Å². The Morgan fingerprint density at radius 3 is 2.85 bits per heavy atom.